The van der Waals surface area contributed by atoms with Gasteiger partial charge in [-0.2, -0.15) is 18.3 Å². The molecule has 0 aliphatic carbocycles. The maximum Gasteiger partial charge on any atom is 0.417 e. The van der Waals surface area contributed by atoms with E-state index >= 15 is 0 Å². The maximum absolute atomic E-state index is 13.1. The molecular weight excluding hydrogens is 495 g/mol. The highest BCUT2D eigenvalue weighted by molar-refractivity contribution is 7.29. The van der Waals surface area contributed by atoms with Crippen LogP contribution in [-0.4, -0.2) is 21.3 Å². The Hall–Kier alpha value is -1.94. The monoisotopic (exact) mass is 506 g/mol. The minimum atomic E-state index is -4.83. The standard InChI is InChI=1S/C15H13Cl3F3N4O4P/c1-3-29-14(6(2)30-28)23-13-9(25(26)27)5-22-24(13)12-8(16)4-7(15(19,20)21)10(17)11(12)18/h4-5,23H,3,30H2,1-2H3. The molecular formula is C15H13Cl3F3N4O4P. The first-order valence-corrected chi connectivity index (χ1v) is 10.2. The number of hydrogen-bond donors (Lipinski definition) is 1. The second-order valence-electron chi connectivity index (χ2n) is 5.62. The summed E-state index contributed by atoms with van der Waals surface area (Å²) in [5.41, 5.74) is -2.17. The Morgan fingerprint density at radius 3 is 2.50 bits per heavy atom. The lowest BCUT2D eigenvalue weighted by Gasteiger charge is -2.17. The van der Waals surface area contributed by atoms with E-state index in [1.165, 1.54) is 6.92 Å². The van der Waals surface area contributed by atoms with Crippen molar-refractivity contribution in [3.63, 3.8) is 0 Å². The van der Waals surface area contributed by atoms with Gasteiger partial charge >= 0.3 is 11.9 Å². The first-order valence-electron chi connectivity index (χ1n) is 7.97. The number of benzene rings is 1. The second-order valence-corrected chi connectivity index (χ2v) is 7.88. The molecule has 164 valence electrons. The van der Waals surface area contributed by atoms with Crippen LogP contribution in [0.1, 0.15) is 19.4 Å². The van der Waals surface area contributed by atoms with Crippen molar-refractivity contribution in [1.29, 1.82) is 0 Å². The van der Waals surface area contributed by atoms with Gasteiger partial charge in [-0.15, -0.1) is 0 Å². The van der Waals surface area contributed by atoms with Gasteiger partial charge < -0.3 is 14.6 Å². The molecule has 1 aromatic carbocycles. The lowest BCUT2D eigenvalue weighted by atomic mass is 10.2. The molecule has 0 saturated heterocycles. The van der Waals surface area contributed by atoms with Crippen LogP contribution < -0.4 is 5.32 Å². The molecule has 0 bridgehead atoms. The number of ether oxygens (including phenoxy) is 1. The van der Waals surface area contributed by atoms with Crippen molar-refractivity contribution in [3.05, 3.63) is 54.2 Å². The Balaban J connectivity index is 2.78. The quantitative estimate of drug-likeness (QED) is 0.159. The second kappa shape index (κ2) is 9.47. The number of aromatic nitrogens is 2. The summed E-state index contributed by atoms with van der Waals surface area (Å²) >= 11 is 17.8. The molecule has 15 heteroatoms. The molecule has 0 spiro atoms. The fraction of sp³-hybridized carbons (Fsp3) is 0.267. The zero-order chi connectivity index (χ0) is 22.8. The van der Waals surface area contributed by atoms with E-state index in [9.17, 15) is 27.9 Å². The Bertz CT molecular complexity index is 1040. The van der Waals surface area contributed by atoms with Gasteiger partial charge in [-0.25, -0.2) is 4.68 Å². The van der Waals surface area contributed by atoms with Gasteiger partial charge in [0.15, 0.2) is 5.88 Å². The molecule has 30 heavy (non-hydrogen) atoms. The van der Waals surface area contributed by atoms with Crippen LogP contribution in [-0.2, 0) is 15.5 Å². The number of allylic oxidation sites excluding steroid dienone is 1. The summed E-state index contributed by atoms with van der Waals surface area (Å²) in [6, 6.07) is 0.536. The topological polar surface area (TPSA) is 99.3 Å². The first-order chi connectivity index (χ1) is 13.9. The summed E-state index contributed by atoms with van der Waals surface area (Å²) in [7, 11) is -1.43. The Kier molecular flexibility index (Phi) is 7.68. The van der Waals surface area contributed by atoms with Gasteiger partial charge in [0, 0.05) is 5.31 Å². The van der Waals surface area contributed by atoms with Crippen LogP contribution in [0.25, 0.3) is 5.69 Å². The molecule has 2 aromatic rings. The number of hydrogen-bond acceptors (Lipinski definition) is 6. The van der Waals surface area contributed by atoms with Gasteiger partial charge in [0.2, 0.25) is 5.82 Å². The lowest BCUT2D eigenvalue weighted by Crippen LogP contribution is -2.13. The molecule has 0 radical (unpaired) electrons. The number of nitro groups is 1. The lowest BCUT2D eigenvalue weighted by molar-refractivity contribution is -0.384. The zero-order valence-corrected chi connectivity index (χ0v) is 18.6. The Labute approximate surface area is 183 Å². The summed E-state index contributed by atoms with van der Waals surface area (Å²) in [6.07, 6.45) is -4.00. The van der Waals surface area contributed by atoms with E-state index in [-0.39, 0.29) is 29.3 Å². The molecule has 1 unspecified atom stereocenters. The number of halogens is 6. The molecule has 1 aromatic heterocycles. The van der Waals surface area contributed by atoms with Crippen LogP contribution in [0.15, 0.2) is 23.5 Å². The highest BCUT2D eigenvalue weighted by Gasteiger charge is 2.37. The van der Waals surface area contributed by atoms with E-state index < -0.39 is 45.9 Å². The van der Waals surface area contributed by atoms with Crippen LogP contribution in [0.3, 0.4) is 0 Å². The number of alkyl halides is 3. The maximum atomic E-state index is 13.1. The molecule has 1 atom stereocenters. The van der Waals surface area contributed by atoms with Crippen molar-refractivity contribution in [1.82, 2.24) is 9.78 Å². The number of nitrogens with one attached hydrogen (secondary N) is 1. The molecule has 0 aliphatic rings. The molecule has 1 heterocycles. The van der Waals surface area contributed by atoms with Crippen molar-refractivity contribution >= 4 is 54.8 Å². The van der Waals surface area contributed by atoms with Crippen molar-refractivity contribution in [2.24, 2.45) is 0 Å². The molecule has 1 N–H and O–H groups in total. The number of nitrogens with zero attached hydrogens (tertiary/aromatic N) is 3. The largest absolute Gasteiger partial charge is 0.479 e. The van der Waals surface area contributed by atoms with Gasteiger partial charge in [-0.3, -0.25) is 10.1 Å². The van der Waals surface area contributed by atoms with E-state index in [1.54, 1.807) is 6.92 Å². The van der Waals surface area contributed by atoms with Gasteiger partial charge in [0.05, 0.1) is 40.6 Å². The highest BCUT2D eigenvalue weighted by Crippen LogP contribution is 2.45. The molecule has 2 rings (SSSR count). The van der Waals surface area contributed by atoms with E-state index in [4.69, 9.17) is 39.5 Å². The van der Waals surface area contributed by atoms with Gasteiger partial charge in [0.25, 0.3) is 0 Å². The third-order valence-electron chi connectivity index (χ3n) is 3.65. The average molecular weight is 508 g/mol. The summed E-state index contributed by atoms with van der Waals surface area (Å²) < 4.78 is 56.9. The third kappa shape index (κ3) is 4.85. The minimum absolute atomic E-state index is 0.0439. The van der Waals surface area contributed by atoms with Crippen LogP contribution >= 0.6 is 43.3 Å². The van der Waals surface area contributed by atoms with Crippen LogP contribution in [0.2, 0.25) is 15.1 Å². The summed E-state index contributed by atoms with van der Waals surface area (Å²) in [6.45, 7) is 3.24. The van der Waals surface area contributed by atoms with E-state index in [0.717, 1.165) is 10.9 Å². The first kappa shape index (κ1) is 24.3. The molecule has 8 nitrogen and oxygen atoms in total. The number of rotatable bonds is 7. The molecule has 0 saturated carbocycles. The Morgan fingerprint density at radius 1 is 1.37 bits per heavy atom. The van der Waals surface area contributed by atoms with Gasteiger partial charge in [-0.1, -0.05) is 34.8 Å². The predicted octanol–water partition coefficient (Wildman–Crippen LogP) is 6.15. The summed E-state index contributed by atoms with van der Waals surface area (Å²) in [5.74, 6) is -0.382. The SMILES string of the molecule is CCOC(Nc1c([N+](=O)[O-])cnn1-c1c(Cl)cc(C(F)(F)F)c(Cl)c1Cl)=C(C)[PH2]=O. The van der Waals surface area contributed by atoms with E-state index in [0.29, 0.717) is 6.07 Å². The smallest absolute Gasteiger partial charge is 0.417 e. The zero-order valence-electron chi connectivity index (χ0n) is 15.2. The van der Waals surface area contributed by atoms with Crippen molar-refractivity contribution in [3.8, 4) is 5.69 Å². The normalized spacial score (nSPS) is 12.9. The van der Waals surface area contributed by atoms with Crippen LogP contribution in [0.4, 0.5) is 24.7 Å². The predicted molar refractivity (Wildman–Crippen MR) is 109 cm³/mol. The number of anilines is 1. The van der Waals surface area contributed by atoms with E-state index in [2.05, 4.69) is 10.4 Å². The van der Waals surface area contributed by atoms with Crippen LogP contribution in [0, 0.1) is 10.1 Å². The summed E-state index contributed by atoms with van der Waals surface area (Å²) in [4.78, 5) is 10.6. The van der Waals surface area contributed by atoms with Gasteiger partial charge in [0.1, 0.15) is 11.9 Å². The third-order valence-corrected chi connectivity index (χ3v) is 5.41. The van der Waals surface area contributed by atoms with Crippen molar-refractivity contribution < 1.29 is 27.4 Å². The Morgan fingerprint density at radius 2 is 2.00 bits per heavy atom. The minimum Gasteiger partial charge on any atom is -0.479 e. The molecule has 0 aliphatic heterocycles. The summed E-state index contributed by atoms with van der Waals surface area (Å²) in [5, 5.41) is 16.1. The van der Waals surface area contributed by atoms with Crippen molar-refractivity contribution in [2.75, 3.05) is 11.9 Å². The fourth-order valence-corrected chi connectivity index (χ4v) is 3.43. The fourth-order valence-electron chi connectivity index (χ4n) is 2.30. The highest BCUT2D eigenvalue weighted by atomic mass is 35.5. The van der Waals surface area contributed by atoms with E-state index in [1.807, 2.05) is 0 Å². The molecule has 0 amide bonds. The van der Waals surface area contributed by atoms with Crippen LogP contribution in [0.5, 0.6) is 0 Å². The van der Waals surface area contributed by atoms with Crippen molar-refractivity contribution in [2.45, 2.75) is 20.0 Å². The van der Waals surface area contributed by atoms with Gasteiger partial charge in [-0.05, 0) is 19.9 Å². The average Bonchev–Trinajstić information content (AvgIpc) is 3.06. The molecule has 0 fully saturated rings.